The first-order valence-corrected chi connectivity index (χ1v) is 12.0. The van der Waals surface area contributed by atoms with Gasteiger partial charge in [-0.2, -0.15) is 5.10 Å². The van der Waals surface area contributed by atoms with Crippen molar-refractivity contribution in [1.82, 2.24) is 25.4 Å². The molecule has 2 aromatic rings. The van der Waals surface area contributed by atoms with Crippen molar-refractivity contribution in [3.63, 3.8) is 0 Å². The molecule has 2 aliphatic rings. The van der Waals surface area contributed by atoms with Crippen LogP contribution in [-0.4, -0.2) is 71.1 Å². The molecule has 0 unspecified atom stereocenters. The number of fused-ring (bicyclic) bond motifs is 1. The van der Waals surface area contributed by atoms with E-state index in [4.69, 9.17) is 17.3 Å². The fourth-order valence-corrected chi connectivity index (χ4v) is 6.58. The second kappa shape index (κ2) is 9.01. The first kappa shape index (κ1) is 22.4. The van der Waals surface area contributed by atoms with Crippen LogP contribution in [0.4, 0.5) is 5.13 Å². The lowest BCUT2D eigenvalue weighted by Crippen LogP contribution is -2.71. The van der Waals surface area contributed by atoms with Gasteiger partial charge in [0.25, 0.3) is 11.8 Å². The Morgan fingerprint density at radius 3 is 2.88 bits per heavy atom. The first-order valence-electron chi connectivity index (χ1n) is 8.78. The molecule has 2 aromatic heterocycles. The lowest BCUT2D eigenvalue weighted by molar-refractivity contribution is -0.150. The fraction of sp³-hybridized carbons (Fsp3) is 0.250. The van der Waals surface area contributed by atoms with Gasteiger partial charge in [-0.1, -0.05) is 28.1 Å². The van der Waals surface area contributed by atoms with Crippen molar-refractivity contribution >= 4 is 75.1 Å². The van der Waals surface area contributed by atoms with E-state index in [1.807, 2.05) is 0 Å². The van der Waals surface area contributed by atoms with Crippen LogP contribution in [-0.2, 0) is 20.1 Å². The third-order valence-electron chi connectivity index (χ3n) is 4.53. The number of hydrogen-bond donors (Lipinski definition) is 5. The maximum absolute atomic E-state index is 12.8. The lowest BCUT2D eigenvalue weighted by atomic mass is 10.0. The van der Waals surface area contributed by atoms with Crippen LogP contribution in [0.1, 0.15) is 11.3 Å². The number of thioether (sulfide) groups is 2. The van der Waals surface area contributed by atoms with Gasteiger partial charge in [0.2, 0.25) is 0 Å². The number of oxime groups is 1. The number of nitrogen functional groups attached to an aromatic ring is 1. The van der Waals surface area contributed by atoms with Crippen LogP contribution in [0.25, 0.3) is 0 Å². The summed E-state index contributed by atoms with van der Waals surface area (Å²) in [5.74, 6) is -1.87. The molecule has 6 N–H and O–H groups in total. The normalized spacial score (nSPS) is 20.7. The molecular formula is C16H14ClN7O5S3. The number of β-lactam (4-membered cyclic amide) rings is 1. The third-order valence-corrected chi connectivity index (χ3v) is 8.24. The number of aromatic nitrogens is 3. The summed E-state index contributed by atoms with van der Waals surface area (Å²) in [5, 5.41) is 30.4. The number of carbonyl (C=O) groups excluding carboxylic acids is 2. The smallest absolute Gasteiger partial charge is 0.353 e. The van der Waals surface area contributed by atoms with E-state index in [1.54, 1.807) is 12.4 Å². The summed E-state index contributed by atoms with van der Waals surface area (Å²) < 4.78 is 0.0504. The maximum Gasteiger partial charge on any atom is 0.353 e. The molecule has 16 heteroatoms. The van der Waals surface area contributed by atoms with E-state index in [0.29, 0.717) is 16.4 Å². The number of carboxylic acids is 1. The largest absolute Gasteiger partial charge is 0.477 e. The Morgan fingerprint density at radius 2 is 2.28 bits per heavy atom. The summed E-state index contributed by atoms with van der Waals surface area (Å²) in [6.45, 7) is 0. The van der Waals surface area contributed by atoms with Crippen LogP contribution in [0.3, 0.4) is 0 Å². The van der Waals surface area contributed by atoms with Gasteiger partial charge >= 0.3 is 5.97 Å². The number of carboxylic acid groups (broad SMARTS) is 1. The number of halogens is 1. The first-order chi connectivity index (χ1) is 15.3. The van der Waals surface area contributed by atoms with Gasteiger partial charge in [0.15, 0.2) is 10.8 Å². The number of thiazole rings is 1. The molecule has 4 rings (SSSR count). The Labute approximate surface area is 197 Å². The summed E-state index contributed by atoms with van der Waals surface area (Å²) in [6, 6.07) is -1.01. The van der Waals surface area contributed by atoms with Gasteiger partial charge in [-0.3, -0.25) is 19.6 Å². The van der Waals surface area contributed by atoms with Gasteiger partial charge in [0.05, 0.1) is 6.20 Å². The number of nitrogens with two attached hydrogens (primary N) is 1. The molecule has 0 saturated carbocycles. The molecule has 1 saturated heterocycles. The summed E-state index contributed by atoms with van der Waals surface area (Å²) in [7, 11) is 0. The molecule has 4 heterocycles. The van der Waals surface area contributed by atoms with Crippen LogP contribution in [0.5, 0.6) is 0 Å². The van der Waals surface area contributed by atoms with Gasteiger partial charge in [-0.25, -0.2) is 9.78 Å². The standard InChI is InChI=1S/C16H14ClN7O5S3/c17-11-7(22-16(18)32-11)8(23-29)12(25)21-9-13(26)24-10(15(27)28)6(4-31-14(9)24)30-3-5-1-19-20-2-5/h1-2,9,14,29H,3-4H2,(H2,18,22)(H,19,20)(H,21,25)(H,27,28)/b23-8+/t9-,14-/m1/s1. The summed E-state index contributed by atoms with van der Waals surface area (Å²) in [5.41, 5.74) is 5.72. The molecule has 1 fully saturated rings. The number of amides is 2. The van der Waals surface area contributed by atoms with E-state index in [2.05, 4.69) is 25.7 Å². The highest BCUT2D eigenvalue weighted by Gasteiger charge is 2.54. The lowest BCUT2D eigenvalue weighted by Gasteiger charge is -2.49. The minimum Gasteiger partial charge on any atom is -0.477 e. The number of nitrogens with zero attached hydrogens (tertiary/aromatic N) is 4. The topological polar surface area (TPSA) is 187 Å². The third kappa shape index (κ3) is 4.03. The predicted molar refractivity (Wildman–Crippen MR) is 119 cm³/mol. The maximum atomic E-state index is 12.8. The van der Waals surface area contributed by atoms with E-state index in [9.17, 15) is 24.7 Å². The zero-order valence-corrected chi connectivity index (χ0v) is 19.0. The summed E-state index contributed by atoms with van der Waals surface area (Å²) in [4.78, 5) is 42.8. The Bertz CT molecular complexity index is 1150. The number of aliphatic carboxylic acids is 1. The highest BCUT2D eigenvalue weighted by atomic mass is 35.5. The molecule has 0 aliphatic carbocycles. The minimum atomic E-state index is -1.23. The second-order valence-electron chi connectivity index (χ2n) is 6.46. The van der Waals surface area contributed by atoms with Crippen molar-refractivity contribution in [2.24, 2.45) is 5.16 Å². The van der Waals surface area contributed by atoms with Gasteiger partial charge < -0.3 is 21.4 Å². The molecule has 2 atom stereocenters. The van der Waals surface area contributed by atoms with Crippen LogP contribution in [0.15, 0.2) is 28.2 Å². The van der Waals surface area contributed by atoms with Gasteiger partial charge in [0.1, 0.15) is 27.1 Å². The van der Waals surface area contributed by atoms with Gasteiger partial charge in [-0.15, -0.1) is 23.5 Å². The van der Waals surface area contributed by atoms with Crippen molar-refractivity contribution in [2.75, 3.05) is 11.5 Å². The number of carbonyl (C=O) groups is 3. The van der Waals surface area contributed by atoms with Gasteiger partial charge in [0, 0.05) is 28.2 Å². The van der Waals surface area contributed by atoms with Crippen molar-refractivity contribution in [3.8, 4) is 0 Å². The number of rotatable bonds is 7. The highest BCUT2D eigenvalue weighted by molar-refractivity contribution is 8.05. The fourth-order valence-electron chi connectivity index (χ4n) is 3.10. The Balaban J connectivity index is 1.49. The van der Waals surface area contributed by atoms with Crippen LogP contribution in [0.2, 0.25) is 4.34 Å². The molecule has 168 valence electrons. The monoisotopic (exact) mass is 515 g/mol. The van der Waals surface area contributed by atoms with E-state index < -0.39 is 34.9 Å². The number of hydrogen-bond acceptors (Lipinski definition) is 11. The number of anilines is 1. The zero-order chi connectivity index (χ0) is 23.0. The van der Waals surface area contributed by atoms with Crippen molar-refractivity contribution in [2.45, 2.75) is 17.2 Å². The minimum absolute atomic E-state index is 0.0504. The average Bonchev–Trinajstić information content (AvgIpc) is 3.39. The zero-order valence-electron chi connectivity index (χ0n) is 15.8. The molecule has 0 bridgehead atoms. The molecule has 12 nitrogen and oxygen atoms in total. The second-order valence-corrected chi connectivity index (χ2v) is 10.3. The molecule has 2 amide bonds. The van der Waals surface area contributed by atoms with Crippen LogP contribution < -0.4 is 11.1 Å². The molecule has 32 heavy (non-hydrogen) atoms. The summed E-state index contributed by atoms with van der Waals surface area (Å²) >= 11 is 9.49. The van der Waals surface area contributed by atoms with Crippen molar-refractivity contribution < 1.29 is 24.7 Å². The van der Waals surface area contributed by atoms with Crippen molar-refractivity contribution in [1.29, 1.82) is 0 Å². The van der Waals surface area contributed by atoms with E-state index in [-0.39, 0.29) is 20.9 Å². The Kier molecular flexibility index (Phi) is 6.32. The predicted octanol–water partition coefficient (Wildman–Crippen LogP) is 0.910. The molecule has 0 radical (unpaired) electrons. The Hall–Kier alpha value is -2.75. The van der Waals surface area contributed by atoms with Gasteiger partial charge in [-0.05, 0) is 0 Å². The molecular weight excluding hydrogens is 502 g/mol. The van der Waals surface area contributed by atoms with E-state index >= 15 is 0 Å². The van der Waals surface area contributed by atoms with Crippen molar-refractivity contribution in [3.05, 3.63) is 38.6 Å². The van der Waals surface area contributed by atoms with Crippen LogP contribution in [0, 0.1) is 0 Å². The number of aromatic amines is 1. The Morgan fingerprint density at radius 1 is 1.50 bits per heavy atom. The molecule has 0 spiro atoms. The van der Waals surface area contributed by atoms with E-state index in [1.165, 1.54) is 23.5 Å². The molecule has 0 aromatic carbocycles. The SMILES string of the molecule is Nc1nc(/C(=N\O)C(=O)N[C@@H]2C(=O)N3C(C(=O)O)=C(SCc4cn[nH]c4)CS[C@H]23)c(Cl)s1. The van der Waals surface area contributed by atoms with Crippen LogP contribution >= 0.6 is 46.5 Å². The molecule has 2 aliphatic heterocycles. The highest BCUT2D eigenvalue weighted by Crippen LogP contribution is 2.44. The average molecular weight is 516 g/mol. The number of nitrogens with one attached hydrogen (secondary N) is 2. The van der Waals surface area contributed by atoms with E-state index in [0.717, 1.165) is 21.8 Å². The summed E-state index contributed by atoms with van der Waals surface area (Å²) in [6.07, 6.45) is 3.34. The number of H-pyrrole nitrogens is 1. The quantitative estimate of drug-likeness (QED) is 0.153.